The van der Waals surface area contributed by atoms with E-state index in [-0.39, 0.29) is 17.3 Å². The Morgan fingerprint density at radius 1 is 0.397 bits per heavy atom. The number of hydrogen-bond acceptors (Lipinski definition) is 4. The van der Waals surface area contributed by atoms with Gasteiger partial charge < -0.3 is 4.57 Å². The molecule has 0 aliphatic carbocycles. The lowest BCUT2D eigenvalue weighted by molar-refractivity contribution is 0.954. The van der Waals surface area contributed by atoms with E-state index < -0.39 is 30.2 Å². The first-order chi connectivity index (χ1) is 33.3. The summed E-state index contributed by atoms with van der Waals surface area (Å²) in [6, 6.07) is 60.5. The van der Waals surface area contributed by atoms with Crippen LogP contribution in [0.25, 0.3) is 120 Å². The zero-order chi connectivity index (χ0) is 45.8. The van der Waals surface area contributed by atoms with Gasteiger partial charge in [0.15, 0.2) is 11.6 Å². The Morgan fingerprint density at radius 2 is 1.00 bits per heavy atom. The topological polar surface area (TPSA) is 48.5 Å². The van der Waals surface area contributed by atoms with Crippen LogP contribution in [0.4, 0.5) is 0 Å². The first-order valence-electron chi connectivity index (χ1n) is 23.3. The van der Waals surface area contributed by atoms with Gasteiger partial charge in [0.05, 0.1) is 28.9 Å². The smallest absolute Gasteiger partial charge is 0.238 e. The molecule has 0 bridgehead atoms. The van der Waals surface area contributed by atoms with Crippen LogP contribution >= 0.6 is 11.3 Å². The van der Waals surface area contributed by atoms with Crippen molar-refractivity contribution in [2.45, 2.75) is 0 Å². The number of fused-ring (bicyclic) bond motifs is 9. The normalized spacial score (nSPS) is 12.9. The van der Waals surface area contributed by atoms with Crippen LogP contribution in [0.1, 0.15) is 6.85 Å². The van der Waals surface area contributed by atoms with Gasteiger partial charge >= 0.3 is 0 Å². The highest BCUT2D eigenvalue weighted by atomic mass is 32.1. The van der Waals surface area contributed by atoms with E-state index in [0.29, 0.717) is 11.4 Å². The molecule has 0 fully saturated rings. The van der Waals surface area contributed by atoms with E-state index in [4.69, 9.17) is 19.1 Å². The third kappa shape index (κ3) is 5.66. The average molecular weight is 827 g/mol. The van der Waals surface area contributed by atoms with Crippen molar-refractivity contribution in [1.29, 1.82) is 0 Å². The second kappa shape index (κ2) is 14.2. The number of benzene rings is 9. The molecular formula is C57H35N5S. The lowest BCUT2D eigenvalue weighted by Crippen LogP contribution is -2.06. The van der Waals surface area contributed by atoms with Crippen LogP contribution in [0.15, 0.2) is 212 Å². The van der Waals surface area contributed by atoms with Gasteiger partial charge in [0.2, 0.25) is 5.95 Å². The molecule has 0 spiro atoms. The second-order valence-electron chi connectivity index (χ2n) is 15.6. The maximum absolute atomic E-state index is 9.17. The summed E-state index contributed by atoms with van der Waals surface area (Å²) in [7, 11) is 0. The van der Waals surface area contributed by atoms with E-state index in [1.807, 2.05) is 47.0 Å². The molecule has 0 saturated carbocycles. The van der Waals surface area contributed by atoms with Gasteiger partial charge in [0, 0.05) is 58.5 Å². The van der Waals surface area contributed by atoms with Gasteiger partial charge in [0.1, 0.15) is 0 Å². The summed E-state index contributed by atoms with van der Waals surface area (Å²) in [6.45, 7) is 0. The molecule has 0 N–H and O–H groups in total. The monoisotopic (exact) mass is 826 g/mol. The summed E-state index contributed by atoms with van der Waals surface area (Å²) < 4.78 is 50.5. The number of aromatic nitrogens is 5. The Balaban J connectivity index is 1.17. The van der Waals surface area contributed by atoms with E-state index in [9.17, 15) is 2.74 Å². The molecule has 0 saturated heterocycles. The van der Waals surface area contributed by atoms with Crippen molar-refractivity contribution in [2.75, 3.05) is 0 Å². The predicted octanol–water partition coefficient (Wildman–Crippen LogP) is 15.1. The van der Waals surface area contributed by atoms with Gasteiger partial charge in [-0.2, -0.15) is 9.97 Å². The Kier molecular flexibility index (Phi) is 6.94. The molecule has 0 unspecified atom stereocenters. The standard InChI is InChI=1S/C57H35N5S/c1-4-17-36(18-5-1)39-31-32-51-45(33-39)44-25-12-15-29-50(44)62(51)57-59-55(38-21-8-3-9-22-38)58-56(60-57)47-35-40(61-48-27-13-10-23-42(48)43-24-11-14-28-49(43)61)34-46-53-41(37-19-6-2-7-20-37)26-16-30-52(53)63-54(46)47/h1-35H/i3D,8D,9D,21D,22D. The third-order valence-electron chi connectivity index (χ3n) is 12.1. The van der Waals surface area contributed by atoms with Gasteiger partial charge in [-0.25, -0.2) is 4.98 Å². The molecule has 0 aliphatic rings. The summed E-state index contributed by atoms with van der Waals surface area (Å²) in [5, 5.41) is 6.33. The molecule has 63 heavy (non-hydrogen) atoms. The largest absolute Gasteiger partial charge is 0.309 e. The average Bonchev–Trinajstić information content (AvgIpc) is 4.05. The van der Waals surface area contributed by atoms with Crippen LogP contribution in [0.3, 0.4) is 0 Å². The lowest BCUT2D eigenvalue weighted by atomic mass is 9.98. The third-order valence-corrected chi connectivity index (χ3v) is 13.3. The minimum absolute atomic E-state index is 0.0321. The second-order valence-corrected chi connectivity index (χ2v) is 16.7. The maximum Gasteiger partial charge on any atom is 0.238 e. The molecule has 294 valence electrons. The Hall–Kier alpha value is -8.19. The van der Waals surface area contributed by atoms with Gasteiger partial charge in [-0.15, -0.1) is 11.3 Å². The van der Waals surface area contributed by atoms with Crippen LogP contribution in [-0.2, 0) is 0 Å². The molecule has 5 nitrogen and oxygen atoms in total. The Morgan fingerprint density at radius 3 is 1.71 bits per heavy atom. The van der Waals surface area contributed by atoms with Crippen LogP contribution in [0, 0.1) is 0 Å². The van der Waals surface area contributed by atoms with Crippen molar-refractivity contribution < 1.29 is 6.85 Å². The molecule has 0 radical (unpaired) electrons. The lowest BCUT2D eigenvalue weighted by Gasteiger charge is -2.14. The number of para-hydroxylation sites is 3. The summed E-state index contributed by atoms with van der Waals surface area (Å²) in [5.74, 6) is 0.511. The maximum atomic E-state index is 9.17. The van der Waals surface area contributed by atoms with Crippen LogP contribution in [-0.4, -0.2) is 24.1 Å². The van der Waals surface area contributed by atoms with Crippen LogP contribution in [0.5, 0.6) is 0 Å². The number of thiophene rings is 1. The van der Waals surface area contributed by atoms with E-state index in [0.717, 1.165) is 91.7 Å². The molecule has 4 heterocycles. The summed E-state index contributed by atoms with van der Waals surface area (Å²) >= 11 is 1.65. The number of hydrogen-bond donors (Lipinski definition) is 0. The zero-order valence-electron chi connectivity index (χ0n) is 38.5. The molecule has 4 aromatic heterocycles. The van der Waals surface area contributed by atoms with E-state index in [1.165, 1.54) is 0 Å². The van der Waals surface area contributed by atoms with Crippen molar-refractivity contribution in [3.05, 3.63) is 212 Å². The van der Waals surface area contributed by atoms with Crippen molar-refractivity contribution in [2.24, 2.45) is 0 Å². The summed E-state index contributed by atoms with van der Waals surface area (Å²) in [6.07, 6.45) is 0. The van der Waals surface area contributed by atoms with E-state index in [2.05, 4.69) is 144 Å². The first-order valence-corrected chi connectivity index (χ1v) is 21.6. The summed E-state index contributed by atoms with van der Waals surface area (Å²) in [5.41, 5.74) is 9.59. The van der Waals surface area contributed by atoms with Gasteiger partial charge in [-0.1, -0.05) is 164 Å². The first kappa shape index (κ1) is 30.8. The van der Waals surface area contributed by atoms with E-state index >= 15 is 0 Å². The summed E-state index contributed by atoms with van der Waals surface area (Å²) in [4.78, 5) is 15.7. The highest BCUT2D eigenvalue weighted by molar-refractivity contribution is 7.26. The van der Waals surface area contributed by atoms with Crippen molar-refractivity contribution in [3.8, 4) is 56.7 Å². The predicted molar refractivity (Wildman–Crippen MR) is 263 cm³/mol. The quantitative estimate of drug-likeness (QED) is 0.168. The minimum atomic E-state index is -0.491. The zero-order valence-corrected chi connectivity index (χ0v) is 34.3. The SMILES string of the molecule is [2H]c1c([2H])c([2H])c(-c2nc(-c3cc(-n4c5ccccc5c5ccccc54)cc4c3sc3cccc(-c5ccccc5)c34)nc(-n3c4ccccc4c4cc(-c5ccccc5)ccc43)n2)c([2H])c1[2H]. The fourth-order valence-corrected chi connectivity index (χ4v) is 10.5. The molecular weight excluding hydrogens is 787 g/mol. The Labute approximate surface area is 373 Å². The molecule has 0 atom stereocenters. The van der Waals surface area contributed by atoms with E-state index in [1.54, 1.807) is 11.3 Å². The molecule has 0 amide bonds. The van der Waals surface area contributed by atoms with Gasteiger partial charge in [-0.3, -0.25) is 4.57 Å². The van der Waals surface area contributed by atoms with Crippen molar-refractivity contribution in [3.63, 3.8) is 0 Å². The highest BCUT2D eigenvalue weighted by Crippen LogP contribution is 2.46. The fourth-order valence-electron chi connectivity index (χ4n) is 9.32. The molecule has 13 rings (SSSR count). The van der Waals surface area contributed by atoms with Crippen molar-refractivity contribution in [1.82, 2.24) is 24.1 Å². The van der Waals surface area contributed by atoms with Crippen LogP contribution in [0.2, 0.25) is 0 Å². The Bertz CT molecular complexity index is 4140. The molecule has 0 aliphatic heterocycles. The molecule has 9 aromatic carbocycles. The fraction of sp³-hybridized carbons (Fsp3) is 0. The van der Waals surface area contributed by atoms with Crippen molar-refractivity contribution >= 4 is 75.1 Å². The number of rotatable bonds is 6. The highest BCUT2D eigenvalue weighted by Gasteiger charge is 2.23. The van der Waals surface area contributed by atoms with Gasteiger partial charge in [-0.05, 0) is 70.8 Å². The molecule has 13 aromatic rings. The van der Waals surface area contributed by atoms with Crippen LogP contribution < -0.4 is 0 Å². The van der Waals surface area contributed by atoms with Gasteiger partial charge in [0.25, 0.3) is 0 Å². The minimum Gasteiger partial charge on any atom is -0.309 e. The number of nitrogens with zero attached hydrogens (tertiary/aromatic N) is 5. The molecule has 6 heteroatoms.